The minimum atomic E-state index is -3.47. The molecule has 0 atom stereocenters. The molecule has 0 aliphatic heterocycles. The first-order valence-electron chi connectivity index (χ1n) is 8.43. The van der Waals surface area contributed by atoms with Gasteiger partial charge in [-0.15, -0.1) is 0 Å². The van der Waals surface area contributed by atoms with E-state index in [9.17, 15) is 13.2 Å². The minimum absolute atomic E-state index is 0.167. The number of sulfone groups is 1. The molecule has 0 radical (unpaired) electrons. The number of hydrogen-bond donors (Lipinski definition) is 1. The highest BCUT2D eigenvalue weighted by Crippen LogP contribution is 2.17. The number of carbonyl (C=O) groups is 1. The summed E-state index contributed by atoms with van der Waals surface area (Å²) in [6.07, 6.45) is 0. The molecule has 3 aromatic rings. The van der Waals surface area contributed by atoms with Gasteiger partial charge in [0.2, 0.25) is 5.89 Å². The van der Waals surface area contributed by atoms with Gasteiger partial charge in [0.1, 0.15) is 5.76 Å². The van der Waals surface area contributed by atoms with E-state index in [1.807, 2.05) is 13.8 Å². The predicted molar refractivity (Wildman–Crippen MR) is 101 cm³/mol. The lowest BCUT2D eigenvalue weighted by Crippen LogP contribution is -2.23. The molecular formula is C20H20N2O4S. The Morgan fingerprint density at radius 2 is 1.81 bits per heavy atom. The van der Waals surface area contributed by atoms with Crippen molar-refractivity contribution in [3.05, 3.63) is 83.1 Å². The number of nitrogens with zero attached hydrogens (tertiary/aromatic N) is 1. The molecule has 0 saturated carbocycles. The van der Waals surface area contributed by atoms with Crippen molar-refractivity contribution < 1.29 is 17.6 Å². The van der Waals surface area contributed by atoms with Crippen molar-refractivity contribution in [1.82, 2.24) is 10.3 Å². The Balaban J connectivity index is 1.70. The minimum Gasteiger partial charge on any atom is -0.444 e. The Hall–Kier alpha value is -2.93. The summed E-state index contributed by atoms with van der Waals surface area (Å²) in [6, 6.07) is 14.8. The molecule has 0 saturated heterocycles. The highest BCUT2D eigenvalue weighted by atomic mass is 32.2. The normalized spacial score (nSPS) is 11.3. The van der Waals surface area contributed by atoms with Crippen LogP contribution >= 0.6 is 0 Å². The third kappa shape index (κ3) is 4.62. The summed E-state index contributed by atoms with van der Waals surface area (Å²) < 4.78 is 30.4. The van der Waals surface area contributed by atoms with E-state index in [1.54, 1.807) is 54.6 Å². The number of rotatable bonds is 6. The van der Waals surface area contributed by atoms with Crippen LogP contribution in [-0.4, -0.2) is 19.3 Å². The van der Waals surface area contributed by atoms with Crippen LogP contribution in [0.2, 0.25) is 0 Å². The third-order valence-corrected chi connectivity index (χ3v) is 5.82. The number of nitrogens with one attached hydrogen (secondary N) is 1. The van der Waals surface area contributed by atoms with E-state index in [0.717, 1.165) is 5.69 Å². The van der Waals surface area contributed by atoms with Gasteiger partial charge in [-0.05, 0) is 43.7 Å². The van der Waals surface area contributed by atoms with Crippen molar-refractivity contribution >= 4 is 15.7 Å². The molecule has 1 heterocycles. The van der Waals surface area contributed by atoms with Crippen molar-refractivity contribution in [2.45, 2.75) is 31.0 Å². The van der Waals surface area contributed by atoms with Crippen LogP contribution in [0.15, 0.2) is 63.9 Å². The van der Waals surface area contributed by atoms with Crippen LogP contribution in [0.5, 0.6) is 0 Å². The van der Waals surface area contributed by atoms with Crippen LogP contribution in [0.25, 0.3) is 0 Å². The van der Waals surface area contributed by atoms with Crippen LogP contribution < -0.4 is 5.32 Å². The van der Waals surface area contributed by atoms with Crippen molar-refractivity contribution in [3.63, 3.8) is 0 Å². The van der Waals surface area contributed by atoms with Gasteiger partial charge in [0, 0.05) is 5.56 Å². The molecule has 27 heavy (non-hydrogen) atoms. The standard InChI is InChI=1S/C20H20N2O4S/c1-14-15(2)26-19(22-14)12-21-20(23)17-8-6-7-16(11-17)13-27(24,25)18-9-4-3-5-10-18/h3-11H,12-13H2,1-2H3,(H,21,23). The van der Waals surface area contributed by atoms with Gasteiger partial charge in [-0.3, -0.25) is 4.79 Å². The van der Waals surface area contributed by atoms with Crippen molar-refractivity contribution in [3.8, 4) is 0 Å². The van der Waals surface area contributed by atoms with E-state index in [4.69, 9.17) is 4.42 Å². The first kappa shape index (κ1) is 18.8. The van der Waals surface area contributed by atoms with Gasteiger partial charge in [-0.1, -0.05) is 30.3 Å². The molecule has 1 amide bonds. The van der Waals surface area contributed by atoms with E-state index in [-0.39, 0.29) is 23.1 Å². The van der Waals surface area contributed by atoms with Crippen molar-refractivity contribution in [1.29, 1.82) is 0 Å². The fourth-order valence-corrected chi connectivity index (χ4v) is 3.96. The second-order valence-electron chi connectivity index (χ2n) is 6.20. The van der Waals surface area contributed by atoms with Gasteiger partial charge >= 0.3 is 0 Å². The monoisotopic (exact) mass is 384 g/mol. The molecule has 1 aromatic heterocycles. The van der Waals surface area contributed by atoms with Crippen LogP contribution in [-0.2, 0) is 22.1 Å². The summed E-state index contributed by atoms with van der Waals surface area (Å²) >= 11 is 0. The van der Waals surface area contributed by atoms with Gasteiger partial charge in [-0.2, -0.15) is 0 Å². The number of aromatic nitrogens is 1. The summed E-state index contributed by atoms with van der Waals surface area (Å²) in [7, 11) is -3.47. The lowest BCUT2D eigenvalue weighted by Gasteiger charge is -2.07. The Bertz CT molecular complexity index is 1040. The topological polar surface area (TPSA) is 89.3 Å². The molecule has 0 bridgehead atoms. The van der Waals surface area contributed by atoms with Gasteiger partial charge in [0.05, 0.1) is 22.9 Å². The number of carbonyl (C=O) groups excluding carboxylic acids is 1. The Morgan fingerprint density at radius 3 is 2.48 bits per heavy atom. The molecule has 0 unspecified atom stereocenters. The molecule has 1 N–H and O–H groups in total. The number of amides is 1. The summed E-state index contributed by atoms with van der Waals surface area (Å²) in [5, 5.41) is 2.73. The van der Waals surface area contributed by atoms with Gasteiger partial charge in [0.25, 0.3) is 5.91 Å². The molecule has 2 aromatic carbocycles. The molecule has 0 spiro atoms. The molecule has 7 heteroatoms. The quantitative estimate of drug-likeness (QED) is 0.705. The maximum Gasteiger partial charge on any atom is 0.251 e. The van der Waals surface area contributed by atoms with E-state index < -0.39 is 9.84 Å². The van der Waals surface area contributed by atoms with Crippen LogP contribution in [0.1, 0.15) is 33.3 Å². The number of hydrogen-bond acceptors (Lipinski definition) is 5. The fourth-order valence-electron chi connectivity index (χ4n) is 2.61. The zero-order valence-electron chi connectivity index (χ0n) is 15.1. The predicted octanol–water partition coefficient (Wildman–Crippen LogP) is 3.20. The van der Waals surface area contributed by atoms with Crippen molar-refractivity contribution in [2.24, 2.45) is 0 Å². The second-order valence-corrected chi connectivity index (χ2v) is 8.19. The van der Waals surface area contributed by atoms with Gasteiger partial charge < -0.3 is 9.73 Å². The van der Waals surface area contributed by atoms with E-state index in [0.29, 0.717) is 22.8 Å². The van der Waals surface area contributed by atoms with Gasteiger partial charge in [-0.25, -0.2) is 13.4 Å². The molecule has 0 aliphatic rings. The zero-order valence-corrected chi connectivity index (χ0v) is 15.9. The Kier molecular flexibility index (Phi) is 5.41. The first-order valence-corrected chi connectivity index (χ1v) is 10.1. The number of oxazole rings is 1. The molecular weight excluding hydrogens is 364 g/mol. The van der Waals surface area contributed by atoms with E-state index in [2.05, 4.69) is 10.3 Å². The first-order chi connectivity index (χ1) is 12.8. The average Bonchev–Trinajstić information content (AvgIpc) is 2.98. The molecule has 0 aliphatic carbocycles. The largest absolute Gasteiger partial charge is 0.444 e. The number of aryl methyl sites for hydroxylation is 2. The molecule has 0 fully saturated rings. The summed E-state index contributed by atoms with van der Waals surface area (Å²) in [5.74, 6) is 0.659. The zero-order chi connectivity index (χ0) is 19.4. The Labute approximate surface area is 158 Å². The van der Waals surface area contributed by atoms with E-state index in [1.165, 1.54) is 0 Å². The average molecular weight is 384 g/mol. The van der Waals surface area contributed by atoms with Crippen LogP contribution in [0.3, 0.4) is 0 Å². The highest BCUT2D eigenvalue weighted by molar-refractivity contribution is 7.90. The lowest BCUT2D eigenvalue weighted by molar-refractivity contribution is 0.0947. The SMILES string of the molecule is Cc1nc(CNC(=O)c2cccc(CS(=O)(=O)c3ccccc3)c2)oc1C. The van der Waals surface area contributed by atoms with Crippen LogP contribution in [0.4, 0.5) is 0 Å². The van der Waals surface area contributed by atoms with E-state index >= 15 is 0 Å². The summed E-state index contributed by atoms with van der Waals surface area (Å²) in [6.45, 7) is 3.81. The number of benzene rings is 2. The molecule has 140 valence electrons. The maximum absolute atomic E-state index is 12.5. The molecule has 3 rings (SSSR count). The lowest BCUT2D eigenvalue weighted by atomic mass is 10.1. The van der Waals surface area contributed by atoms with Gasteiger partial charge in [0.15, 0.2) is 9.84 Å². The summed E-state index contributed by atoms with van der Waals surface area (Å²) in [4.78, 5) is 16.8. The van der Waals surface area contributed by atoms with Crippen molar-refractivity contribution in [2.75, 3.05) is 0 Å². The molecule has 6 nitrogen and oxygen atoms in total. The Morgan fingerprint density at radius 1 is 1.07 bits per heavy atom. The maximum atomic E-state index is 12.5. The second kappa shape index (κ2) is 7.75. The fraction of sp³-hybridized carbons (Fsp3) is 0.200. The summed E-state index contributed by atoms with van der Waals surface area (Å²) in [5.41, 5.74) is 1.72. The van der Waals surface area contributed by atoms with Crippen LogP contribution in [0, 0.1) is 13.8 Å². The highest BCUT2D eigenvalue weighted by Gasteiger charge is 2.16. The third-order valence-electron chi connectivity index (χ3n) is 4.12. The smallest absolute Gasteiger partial charge is 0.251 e.